The number of carbonyl (C=O) groups excluding carboxylic acids is 2. The summed E-state index contributed by atoms with van der Waals surface area (Å²) in [4.78, 5) is 30.8. The van der Waals surface area contributed by atoms with Gasteiger partial charge in [-0.1, -0.05) is 155 Å². The molecule has 2 aromatic rings. The summed E-state index contributed by atoms with van der Waals surface area (Å²) in [5, 5.41) is 12.2. The molecule has 0 saturated heterocycles. The third kappa shape index (κ3) is 27.3. The predicted molar refractivity (Wildman–Crippen MR) is 247 cm³/mol. The van der Waals surface area contributed by atoms with Gasteiger partial charge in [0.15, 0.2) is 0 Å². The molecule has 0 unspecified atom stereocenters. The van der Waals surface area contributed by atoms with Crippen molar-refractivity contribution in [3.63, 3.8) is 0 Å². The van der Waals surface area contributed by atoms with Gasteiger partial charge in [0.05, 0.1) is 0 Å². The van der Waals surface area contributed by atoms with Gasteiger partial charge in [-0.05, 0) is 120 Å². The molecule has 0 saturated carbocycles. The number of hydrogen-bond acceptors (Lipinski definition) is 4. The fraction of sp³-hybridized carbons (Fsp3) is 0.714. The molecular formula is C49H86N6O2. The highest BCUT2D eigenvalue weighted by Gasteiger charge is 2.09. The summed E-state index contributed by atoms with van der Waals surface area (Å²) in [5.41, 5.74) is 3.77. The summed E-state index contributed by atoms with van der Waals surface area (Å²) < 4.78 is 0. The van der Waals surface area contributed by atoms with E-state index in [1.54, 1.807) is 0 Å². The van der Waals surface area contributed by atoms with Crippen molar-refractivity contribution in [3.05, 3.63) is 59.7 Å². The van der Waals surface area contributed by atoms with Crippen LogP contribution in [-0.2, 0) is 6.42 Å². The van der Waals surface area contributed by atoms with Gasteiger partial charge in [0.1, 0.15) is 0 Å². The van der Waals surface area contributed by atoms with Crippen molar-refractivity contribution < 1.29 is 9.59 Å². The Balaban J connectivity index is 1.75. The number of carbonyl (C=O) groups is 2. The lowest BCUT2D eigenvalue weighted by Crippen LogP contribution is -2.33. The van der Waals surface area contributed by atoms with Crippen LogP contribution in [-0.4, -0.2) is 74.2 Å². The average Bonchev–Trinajstić information content (AvgIpc) is 3.20. The summed E-state index contributed by atoms with van der Waals surface area (Å²) in [6, 6.07) is 15.7. The highest BCUT2D eigenvalue weighted by molar-refractivity contribution is 5.90. The van der Waals surface area contributed by atoms with Crippen molar-refractivity contribution in [1.82, 2.24) is 20.4 Å². The molecule has 0 aliphatic carbocycles. The van der Waals surface area contributed by atoms with E-state index < -0.39 is 0 Å². The number of nitrogens with one attached hydrogen (secondary N) is 4. The van der Waals surface area contributed by atoms with Crippen LogP contribution in [0.2, 0.25) is 0 Å². The third-order valence-electron chi connectivity index (χ3n) is 11.0. The Bertz CT molecular complexity index is 1150. The van der Waals surface area contributed by atoms with Crippen LogP contribution in [0.4, 0.5) is 21.0 Å². The number of hydrogen-bond donors (Lipinski definition) is 4. The summed E-state index contributed by atoms with van der Waals surface area (Å²) >= 11 is 0. The molecule has 4 amide bonds. The van der Waals surface area contributed by atoms with Gasteiger partial charge in [0, 0.05) is 24.5 Å². The van der Waals surface area contributed by atoms with Crippen LogP contribution in [0, 0.1) is 0 Å². The van der Waals surface area contributed by atoms with E-state index in [9.17, 15) is 9.59 Å². The minimum Gasteiger partial charge on any atom is -0.338 e. The summed E-state index contributed by atoms with van der Waals surface area (Å²) in [6.45, 7) is 17.1. The van der Waals surface area contributed by atoms with Crippen molar-refractivity contribution in [2.24, 2.45) is 0 Å². The topological polar surface area (TPSA) is 88.7 Å². The Labute approximate surface area is 350 Å². The van der Waals surface area contributed by atoms with E-state index in [4.69, 9.17) is 0 Å². The summed E-state index contributed by atoms with van der Waals surface area (Å²) in [5.74, 6) is 0. The molecule has 2 aromatic carbocycles. The van der Waals surface area contributed by atoms with Crippen LogP contribution in [0.25, 0.3) is 0 Å². The van der Waals surface area contributed by atoms with E-state index in [1.807, 2.05) is 36.4 Å². The van der Waals surface area contributed by atoms with Crippen LogP contribution in [0.1, 0.15) is 180 Å². The van der Waals surface area contributed by atoms with E-state index in [0.29, 0.717) is 19.5 Å². The molecule has 8 nitrogen and oxygen atoms in total. The molecule has 8 heteroatoms. The van der Waals surface area contributed by atoms with Gasteiger partial charge in [-0.3, -0.25) is 0 Å². The SMILES string of the molecule is CCCCCCCN(CCCCCCC)CCCNC(=O)Nc1cccc(Cc2cccc(NC(=O)NCCCN(CCCCCCC)CCCCCCC)c2)c1. The quantitative estimate of drug-likeness (QED) is 0.0518. The van der Waals surface area contributed by atoms with Gasteiger partial charge >= 0.3 is 12.1 Å². The summed E-state index contributed by atoms with van der Waals surface area (Å²) in [7, 11) is 0. The van der Waals surface area contributed by atoms with Crippen molar-refractivity contribution in [2.75, 3.05) is 63.0 Å². The maximum atomic E-state index is 12.8. The molecule has 2 rings (SSSR count). The Hall–Kier alpha value is -3.10. The van der Waals surface area contributed by atoms with Gasteiger partial charge in [0.2, 0.25) is 0 Å². The molecule has 4 N–H and O–H groups in total. The first-order chi connectivity index (χ1) is 28.0. The highest BCUT2D eigenvalue weighted by Crippen LogP contribution is 2.18. The number of rotatable bonds is 36. The molecule has 0 aliphatic rings. The van der Waals surface area contributed by atoms with Gasteiger partial charge in [-0.15, -0.1) is 0 Å². The molecule has 0 aliphatic heterocycles. The van der Waals surface area contributed by atoms with E-state index in [1.165, 1.54) is 155 Å². The zero-order chi connectivity index (χ0) is 41.0. The third-order valence-corrected chi connectivity index (χ3v) is 11.0. The number of nitrogens with zero attached hydrogens (tertiary/aromatic N) is 2. The Morgan fingerprint density at radius 3 is 1.07 bits per heavy atom. The number of unbranched alkanes of at least 4 members (excludes halogenated alkanes) is 16. The molecular weight excluding hydrogens is 705 g/mol. The maximum Gasteiger partial charge on any atom is 0.319 e. The molecule has 324 valence electrons. The Morgan fingerprint density at radius 1 is 0.421 bits per heavy atom. The zero-order valence-corrected chi connectivity index (χ0v) is 37.3. The van der Waals surface area contributed by atoms with Crippen LogP contribution in [0.3, 0.4) is 0 Å². The van der Waals surface area contributed by atoms with Gasteiger partial charge in [-0.25, -0.2) is 9.59 Å². The van der Waals surface area contributed by atoms with E-state index >= 15 is 0 Å². The molecule has 0 bridgehead atoms. The van der Waals surface area contributed by atoms with Crippen LogP contribution in [0.5, 0.6) is 0 Å². The largest absolute Gasteiger partial charge is 0.338 e. The van der Waals surface area contributed by atoms with Crippen LogP contribution in [0.15, 0.2) is 48.5 Å². The predicted octanol–water partition coefficient (Wildman–Crippen LogP) is 12.8. The monoisotopic (exact) mass is 791 g/mol. The zero-order valence-electron chi connectivity index (χ0n) is 37.3. The number of amides is 4. The lowest BCUT2D eigenvalue weighted by atomic mass is 10.0. The molecule has 57 heavy (non-hydrogen) atoms. The van der Waals surface area contributed by atoms with E-state index in [0.717, 1.165) is 48.4 Å². The second-order valence-corrected chi connectivity index (χ2v) is 16.4. The smallest absolute Gasteiger partial charge is 0.319 e. The van der Waals surface area contributed by atoms with Gasteiger partial charge in [0.25, 0.3) is 0 Å². The summed E-state index contributed by atoms with van der Waals surface area (Å²) in [6.07, 6.45) is 28.8. The maximum absolute atomic E-state index is 12.8. The highest BCUT2D eigenvalue weighted by atomic mass is 16.2. The fourth-order valence-corrected chi connectivity index (χ4v) is 7.54. The fourth-order valence-electron chi connectivity index (χ4n) is 7.54. The first kappa shape index (κ1) is 50.0. The van der Waals surface area contributed by atoms with Crippen LogP contribution < -0.4 is 21.3 Å². The molecule has 0 heterocycles. The van der Waals surface area contributed by atoms with Crippen LogP contribution >= 0.6 is 0 Å². The molecule has 0 spiro atoms. The first-order valence-corrected chi connectivity index (χ1v) is 23.7. The second kappa shape index (κ2) is 34.9. The minimum atomic E-state index is -0.160. The average molecular weight is 791 g/mol. The van der Waals surface area contributed by atoms with Crippen molar-refractivity contribution in [3.8, 4) is 0 Å². The molecule has 0 aromatic heterocycles. The normalized spacial score (nSPS) is 11.3. The van der Waals surface area contributed by atoms with Crippen molar-refractivity contribution >= 4 is 23.4 Å². The van der Waals surface area contributed by atoms with Crippen molar-refractivity contribution in [1.29, 1.82) is 0 Å². The lowest BCUT2D eigenvalue weighted by molar-refractivity contribution is 0.244. The molecule has 0 fully saturated rings. The number of urea groups is 2. The molecule has 0 atom stereocenters. The Morgan fingerprint density at radius 2 is 0.737 bits per heavy atom. The van der Waals surface area contributed by atoms with Gasteiger partial charge in [-0.2, -0.15) is 0 Å². The van der Waals surface area contributed by atoms with E-state index in [-0.39, 0.29) is 12.1 Å². The molecule has 0 radical (unpaired) electrons. The van der Waals surface area contributed by atoms with Crippen molar-refractivity contribution in [2.45, 2.75) is 175 Å². The lowest BCUT2D eigenvalue weighted by Gasteiger charge is -2.22. The number of benzene rings is 2. The second-order valence-electron chi connectivity index (χ2n) is 16.4. The standard InChI is InChI=1S/C49H86N6O2/c1-5-9-13-17-21-35-54(36-22-18-14-10-6-2)39-27-33-50-48(56)52-46-31-25-29-44(42-46)41-45-30-26-32-47(43-45)53-49(57)51-34-28-40-55(37-23-19-15-11-7-3)38-24-20-16-12-8-4/h25-26,29-32,42-43H,5-24,27-28,33-41H2,1-4H3,(H2,50,52,56)(H2,51,53,57). The Kier molecular flexibility index (Phi) is 30.6. The van der Waals surface area contributed by atoms with E-state index in [2.05, 4.69) is 70.9 Å². The first-order valence-electron chi connectivity index (χ1n) is 23.7. The minimum absolute atomic E-state index is 0.160. The number of anilines is 2. The van der Waals surface area contributed by atoms with Gasteiger partial charge < -0.3 is 31.1 Å².